The van der Waals surface area contributed by atoms with Crippen molar-refractivity contribution in [1.82, 2.24) is 9.62 Å². The summed E-state index contributed by atoms with van der Waals surface area (Å²) in [5.74, 6) is 1.05. The van der Waals surface area contributed by atoms with Gasteiger partial charge in [0.2, 0.25) is 10.0 Å². The third-order valence-electron chi connectivity index (χ3n) is 3.11. The summed E-state index contributed by atoms with van der Waals surface area (Å²) < 4.78 is 25.2. The molecule has 0 saturated heterocycles. The fourth-order valence-corrected chi connectivity index (χ4v) is 3.46. The maximum Gasteiger partial charge on any atom is 0.242 e. The normalized spacial score (nSPS) is 15.3. The van der Waals surface area contributed by atoms with Crippen LogP contribution in [0.4, 0.5) is 0 Å². The SMILES string of the molecule is CSCC(C)NC(C)c1ccc(S(=O)(=O)N(C)C)cc1. The number of nitrogens with one attached hydrogen (secondary N) is 1. The topological polar surface area (TPSA) is 49.4 Å². The van der Waals surface area contributed by atoms with E-state index in [-0.39, 0.29) is 6.04 Å². The van der Waals surface area contributed by atoms with Crippen LogP contribution in [0, 0.1) is 0 Å². The van der Waals surface area contributed by atoms with Gasteiger partial charge in [-0.05, 0) is 37.8 Å². The van der Waals surface area contributed by atoms with Crippen LogP contribution in [0.25, 0.3) is 0 Å². The Bertz CT molecular complexity index is 512. The second kappa shape index (κ2) is 7.45. The van der Waals surface area contributed by atoms with Crippen LogP contribution >= 0.6 is 11.8 Å². The predicted octanol–water partition coefficient (Wildman–Crippen LogP) is 2.34. The first-order valence-corrected chi connectivity index (χ1v) is 9.40. The van der Waals surface area contributed by atoms with Gasteiger partial charge in [-0.3, -0.25) is 0 Å². The number of rotatable bonds is 7. The molecule has 0 spiro atoms. The Hall–Kier alpha value is -0.560. The smallest absolute Gasteiger partial charge is 0.242 e. The lowest BCUT2D eigenvalue weighted by Gasteiger charge is -2.20. The summed E-state index contributed by atoms with van der Waals surface area (Å²) in [6.45, 7) is 4.24. The molecule has 2 unspecified atom stereocenters. The molecule has 0 radical (unpaired) electrons. The van der Waals surface area contributed by atoms with Gasteiger partial charge in [-0.2, -0.15) is 11.8 Å². The van der Waals surface area contributed by atoms with Crippen molar-refractivity contribution >= 4 is 21.8 Å². The van der Waals surface area contributed by atoms with Crippen molar-refractivity contribution < 1.29 is 8.42 Å². The molecule has 20 heavy (non-hydrogen) atoms. The maximum absolute atomic E-state index is 12.0. The fraction of sp³-hybridized carbons (Fsp3) is 0.571. The minimum Gasteiger partial charge on any atom is -0.307 e. The molecule has 0 aliphatic heterocycles. The Morgan fingerprint density at radius 2 is 1.75 bits per heavy atom. The van der Waals surface area contributed by atoms with E-state index in [2.05, 4.69) is 25.4 Å². The molecular formula is C14H24N2O2S2. The van der Waals surface area contributed by atoms with Crippen LogP contribution in [0.3, 0.4) is 0 Å². The van der Waals surface area contributed by atoms with Gasteiger partial charge >= 0.3 is 0 Å². The van der Waals surface area contributed by atoms with Crippen molar-refractivity contribution in [1.29, 1.82) is 0 Å². The summed E-state index contributed by atoms with van der Waals surface area (Å²) in [5, 5.41) is 3.50. The predicted molar refractivity (Wildman–Crippen MR) is 86.7 cm³/mol. The molecule has 1 aromatic carbocycles. The van der Waals surface area contributed by atoms with Gasteiger partial charge in [0.05, 0.1) is 4.90 Å². The summed E-state index contributed by atoms with van der Waals surface area (Å²) in [6, 6.07) is 7.71. The molecule has 0 aliphatic rings. The van der Waals surface area contributed by atoms with Crippen LogP contribution in [0.1, 0.15) is 25.5 Å². The highest BCUT2D eigenvalue weighted by molar-refractivity contribution is 7.98. The van der Waals surface area contributed by atoms with Gasteiger partial charge in [0.15, 0.2) is 0 Å². The van der Waals surface area contributed by atoms with Gasteiger partial charge < -0.3 is 5.32 Å². The van der Waals surface area contributed by atoms with Crippen molar-refractivity contribution in [2.45, 2.75) is 30.8 Å². The summed E-state index contributed by atoms with van der Waals surface area (Å²) in [7, 11) is -0.263. The summed E-state index contributed by atoms with van der Waals surface area (Å²) in [6.07, 6.45) is 2.09. The quantitative estimate of drug-likeness (QED) is 0.839. The van der Waals surface area contributed by atoms with Gasteiger partial charge in [0, 0.05) is 31.9 Å². The molecule has 0 bridgehead atoms. The van der Waals surface area contributed by atoms with E-state index >= 15 is 0 Å². The molecule has 0 aromatic heterocycles. The Morgan fingerprint density at radius 1 is 1.20 bits per heavy atom. The van der Waals surface area contributed by atoms with E-state index in [4.69, 9.17) is 0 Å². The second-order valence-corrected chi connectivity index (χ2v) is 8.16. The monoisotopic (exact) mass is 316 g/mol. The first-order chi connectivity index (χ1) is 9.28. The van der Waals surface area contributed by atoms with Crippen molar-refractivity contribution in [3.05, 3.63) is 29.8 Å². The number of nitrogens with zero attached hydrogens (tertiary/aromatic N) is 1. The Labute approximate surface area is 127 Å². The number of hydrogen-bond acceptors (Lipinski definition) is 4. The van der Waals surface area contributed by atoms with E-state index in [1.807, 2.05) is 23.9 Å². The Kier molecular flexibility index (Phi) is 6.51. The lowest BCUT2D eigenvalue weighted by Crippen LogP contribution is -2.30. The van der Waals surface area contributed by atoms with E-state index in [1.165, 1.54) is 18.4 Å². The standard InChI is InChI=1S/C14H24N2O2S2/c1-11(10-19-5)15-12(2)13-6-8-14(9-7-13)20(17,18)16(3)4/h6-9,11-12,15H,10H2,1-5H3. The van der Waals surface area contributed by atoms with Crippen LogP contribution in [-0.4, -0.2) is 44.9 Å². The fourth-order valence-electron chi connectivity index (χ4n) is 1.96. The van der Waals surface area contributed by atoms with Crippen molar-refractivity contribution in [3.63, 3.8) is 0 Å². The highest BCUT2D eigenvalue weighted by atomic mass is 32.2. The first-order valence-electron chi connectivity index (χ1n) is 6.56. The van der Waals surface area contributed by atoms with Crippen molar-refractivity contribution in [2.24, 2.45) is 0 Å². The maximum atomic E-state index is 12.0. The molecule has 0 amide bonds. The summed E-state index contributed by atoms with van der Waals surface area (Å²) in [5.41, 5.74) is 1.09. The number of benzene rings is 1. The zero-order chi connectivity index (χ0) is 15.3. The molecule has 0 aliphatic carbocycles. The minimum atomic E-state index is -3.34. The summed E-state index contributed by atoms with van der Waals surface area (Å²) >= 11 is 1.81. The zero-order valence-electron chi connectivity index (χ0n) is 12.8. The average molecular weight is 316 g/mol. The van der Waals surface area contributed by atoms with Crippen LogP contribution in [0.2, 0.25) is 0 Å². The van der Waals surface area contributed by atoms with Crippen molar-refractivity contribution in [2.75, 3.05) is 26.1 Å². The summed E-state index contributed by atoms with van der Waals surface area (Å²) in [4.78, 5) is 0.329. The van der Waals surface area contributed by atoms with E-state index in [0.717, 1.165) is 11.3 Å². The Morgan fingerprint density at radius 3 is 2.20 bits per heavy atom. The molecule has 1 rings (SSSR count). The highest BCUT2D eigenvalue weighted by Gasteiger charge is 2.17. The van der Waals surface area contributed by atoms with Gasteiger partial charge in [-0.1, -0.05) is 12.1 Å². The lowest BCUT2D eigenvalue weighted by atomic mass is 10.1. The van der Waals surface area contributed by atoms with Gasteiger partial charge in [0.25, 0.3) is 0 Å². The van der Waals surface area contributed by atoms with Crippen LogP contribution in [0.5, 0.6) is 0 Å². The minimum absolute atomic E-state index is 0.202. The molecule has 0 heterocycles. The third-order valence-corrected chi connectivity index (χ3v) is 5.77. The van der Waals surface area contributed by atoms with Crippen molar-refractivity contribution in [3.8, 4) is 0 Å². The lowest BCUT2D eigenvalue weighted by molar-refractivity contribution is 0.510. The Balaban J connectivity index is 2.81. The molecule has 4 nitrogen and oxygen atoms in total. The molecule has 0 saturated carbocycles. The third kappa shape index (κ3) is 4.48. The molecule has 6 heteroatoms. The molecule has 0 fully saturated rings. The van der Waals surface area contributed by atoms with E-state index in [9.17, 15) is 8.42 Å². The molecule has 1 aromatic rings. The van der Waals surface area contributed by atoms with E-state index < -0.39 is 10.0 Å². The molecule has 114 valence electrons. The van der Waals surface area contributed by atoms with Gasteiger partial charge in [-0.25, -0.2) is 12.7 Å². The van der Waals surface area contributed by atoms with Crippen LogP contribution in [-0.2, 0) is 10.0 Å². The van der Waals surface area contributed by atoms with Gasteiger partial charge in [0.1, 0.15) is 0 Å². The van der Waals surface area contributed by atoms with Gasteiger partial charge in [-0.15, -0.1) is 0 Å². The highest BCUT2D eigenvalue weighted by Crippen LogP contribution is 2.18. The largest absolute Gasteiger partial charge is 0.307 e. The second-order valence-electron chi connectivity index (χ2n) is 5.10. The average Bonchev–Trinajstić information content (AvgIpc) is 2.38. The molecule has 1 N–H and O–H groups in total. The number of hydrogen-bond donors (Lipinski definition) is 1. The van der Waals surface area contributed by atoms with Crippen LogP contribution < -0.4 is 5.32 Å². The molecule has 2 atom stereocenters. The number of thioether (sulfide) groups is 1. The zero-order valence-corrected chi connectivity index (χ0v) is 14.4. The van der Waals surface area contributed by atoms with E-state index in [0.29, 0.717) is 10.9 Å². The van der Waals surface area contributed by atoms with Crippen LogP contribution in [0.15, 0.2) is 29.2 Å². The first kappa shape index (κ1) is 17.5. The molecular weight excluding hydrogens is 292 g/mol. The van der Waals surface area contributed by atoms with E-state index in [1.54, 1.807) is 12.1 Å². The number of sulfonamides is 1.